The van der Waals surface area contributed by atoms with Gasteiger partial charge in [0.05, 0.1) is 6.10 Å². The molecule has 1 aliphatic heterocycles. The zero-order valence-electron chi connectivity index (χ0n) is 13.2. The SMILES string of the molecule is Cc1cc(CNC(C)C)ccc1N1CCC(C(C)O)C1. The first-order chi connectivity index (χ1) is 9.47. The van der Waals surface area contributed by atoms with Crippen LogP contribution in [0.25, 0.3) is 0 Å². The van der Waals surface area contributed by atoms with Crippen LogP contribution in [-0.2, 0) is 6.54 Å². The summed E-state index contributed by atoms with van der Waals surface area (Å²) in [6.07, 6.45) is 0.892. The highest BCUT2D eigenvalue weighted by molar-refractivity contribution is 5.55. The number of aliphatic hydroxyl groups excluding tert-OH is 1. The molecule has 1 fully saturated rings. The maximum absolute atomic E-state index is 9.72. The van der Waals surface area contributed by atoms with Crippen LogP contribution in [-0.4, -0.2) is 30.3 Å². The summed E-state index contributed by atoms with van der Waals surface area (Å²) in [6.45, 7) is 11.4. The van der Waals surface area contributed by atoms with Gasteiger partial charge < -0.3 is 15.3 Å². The van der Waals surface area contributed by atoms with E-state index in [-0.39, 0.29) is 6.10 Å². The number of rotatable bonds is 5. The molecule has 0 amide bonds. The molecule has 3 heteroatoms. The first-order valence-electron chi connectivity index (χ1n) is 7.73. The van der Waals surface area contributed by atoms with Crippen molar-refractivity contribution in [2.24, 2.45) is 5.92 Å². The van der Waals surface area contributed by atoms with E-state index in [9.17, 15) is 5.11 Å². The van der Waals surface area contributed by atoms with Gasteiger partial charge in [0.1, 0.15) is 0 Å². The molecule has 2 N–H and O–H groups in total. The van der Waals surface area contributed by atoms with Crippen LogP contribution in [0.3, 0.4) is 0 Å². The molecule has 1 aromatic carbocycles. The summed E-state index contributed by atoms with van der Waals surface area (Å²) in [5, 5.41) is 13.2. The maximum Gasteiger partial charge on any atom is 0.0557 e. The van der Waals surface area contributed by atoms with Crippen LogP contribution in [0.1, 0.15) is 38.3 Å². The second-order valence-corrected chi connectivity index (χ2v) is 6.39. The lowest BCUT2D eigenvalue weighted by atomic mass is 10.0. The number of anilines is 1. The molecular weight excluding hydrogens is 248 g/mol. The Morgan fingerprint density at radius 1 is 1.35 bits per heavy atom. The van der Waals surface area contributed by atoms with Crippen molar-refractivity contribution in [3.8, 4) is 0 Å². The van der Waals surface area contributed by atoms with E-state index in [0.29, 0.717) is 12.0 Å². The van der Waals surface area contributed by atoms with Crippen LogP contribution < -0.4 is 10.2 Å². The van der Waals surface area contributed by atoms with Gasteiger partial charge in [-0.1, -0.05) is 26.0 Å². The zero-order valence-corrected chi connectivity index (χ0v) is 13.2. The van der Waals surface area contributed by atoms with E-state index in [1.165, 1.54) is 16.8 Å². The van der Waals surface area contributed by atoms with Crippen LogP contribution in [0.15, 0.2) is 18.2 Å². The first kappa shape index (κ1) is 15.3. The number of aliphatic hydroxyl groups is 1. The Kier molecular flexibility index (Phi) is 5.06. The molecule has 0 saturated carbocycles. The number of benzene rings is 1. The highest BCUT2D eigenvalue weighted by atomic mass is 16.3. The molecule has 2 atom stereocenters. The Balaban J connectivity index is 2.03. The average molecular weight is 276 g/mol. The minimum Gasteiger partial charge on any atom is -0.393 e. The third-order valence-electron chi connectivity index (χ3n) is 4.22. The lowest BCUT2D eigenvalue weighted by Crippen LogP contribution is -2.25. The van der Waals surface area contributed by atoms with Gasteiger partial charge in [-0.15, -0.1) is 0 Å². The topological polar surface area (TPSA) is 35.5 Å². The molecule has 0 aromatic heterocycles. The Labute approximate surface area is 123 Å². The van der Waals surface area contributed by atoms with Crippen LogP contribution in [0.4, 0.5) is 5.69 Å². The summed E-state index contributed by atoms with van der Waals surface area (Å²) in [7, 11) is 0. The van der Waals surface area contributed by atoms with Crippen molar-refractivity contribution in [2.45, 2.75) is 52.8 Å². The van der Waals surface area contributed by atoms with Gasteiger partial charge in [-0.25, -0.2) is 0 Å². The molecule has 1 saturated heterocycles. The number of nitrogens with one attached hydrogen (secondary N) is 1. The summed E-state index contributed by atoms with van der Waals surface area (Å²) in [5.41, 5.74) is 3.99. The van der Waals surface area contributed by atoms with E-state index in [1.807, 2.05) is 6.92 Å². The van der Waals surface area contributed by atoms with Gasteiger partial charge in [-0.05, 0) is 37.5 Å². The summed E-state index contributed by atoms with van der Waals surface area (Å²) in [6, 6.07) is 7.24. The minimum atomic E-state index is -0.199. The standard InChI is InChI=1S/C17H28N2O/c1-12(2)18-10-15-5-6-17(13(3)9-15)19-8-7-16(11-19)14(4)20/h5-6,9,12,14,16,18,20H,7-8,10-11H2,1-4H3. The van der Waals surface area contributed by atoms with Gasteiger partial charge in [0.25, 0.3) is 0 Å². The summed E-state index contributed by atoms with van der Waals surface area (Å²) >= 11 is 0. The minimum absolute atomic E-state index is 0.199. The van der Waals surface area contributed by atoms with Crippen molar-refractivity contribution in [2.75, 3.05) is 18.0 Å². The largest absolute Gasteiger partial charge is 0.393 e. The number of aryl methyl sites for hydroxylation is 1. The molecule has 2 rings (SSSR count). The third kappa shape index (κ3) is 3.74. The fourth-order valence-corrected chi connectivity index (χ4v) is 2.90. The van der Waals surface area contributed by atoms with E-state index in [2.05, 4.69) is 49.2 Å². The smallest absolute Gasteiger partial charge is 0.0557 e. The molecule has 1 heterocycles. The second-order valence-electron chi connectivity index (χ2n) is 6.39. The van der Waals surface area contributed by atoms with Crippen molar-refractivity contribution in [1.82, 2.24) is 5.32 Å². The monoisotopic (exact) mass is 276 g/mol. The van der Waals surface area contributed by atoms with Crippen LogP contribution in [0, 0.1) is 12.8 Å². The lowest BCUT2D eigenvalue weighted by molar-refractivity contribution is 0.136. The van der Waals surface area contributed by atoms with Crippen LogP contribution in [0.5, 0.6) is 0 Å². The molecule has 0 bridgehead atoms. The molecule has 0 aliphatic carbocycles. The van der Waals surface area contributed by atoms with E-state index < -0.39 is 0 Å². The number of hydrogen-bond acceptors (Lipinski definition) is 3. The van der Waals surface area contributed by atoms with E-state index in [1.54, 1.807) is 0 Å². The van der Waals surface area contributed by atoms with E-state index in [4.69, 9.17) is 0 Å². The maximum atomic E-state index is 9.72. The zero-order chi connectivity index (χ0) is 14.7. The van der Waals surface area contributed by atoms with Gasteiger partial charge in [0.15, 0.2) is 0 Å². The van der Waals surface area contributed by atoms with E-state index in [0.717, 1.165) is 26.1 Å². The van der Waals surface area contributed by atoms with Gasteiger partial charge in [0.2, 0.25) is 0 Å². The molecule has 1 aliphatic rings. The highest BCUT2D eigenvalue weighted by Gasteiger charge is 2.26. The summed E-state index contributed by atoms with van der Waals surface area (Å²) in [5.74, 6) is 0.414. The van der Waals surface area contributed by atoms with Crippen molar-refractivity contribution in [1.29, 1.82) is 0 Å². The summed E-state index contributed by atoms with van der Waals surface area (Å²) in [4.78, 5) is 2.41. The lowest BCUT2D eigenvalue weighted by Gasteiger charge is -2.22. The predicted molar refractivity (Wildman–Crippen MR) is 85.2 cm³/mol. The van der Waals surface area contributed by atoms with E-state index >= 15 is 0 Å². The first-order valence-corrected chi connectivity index (χ1v) is 7.73. The fourth-order valence-electron chi connectivity index (χ4n) is 2.90. The number of hydrogen-bond donors (Lipinski definition) is 2. The predicted octanol–water partition coefficient (Wildman–Crippen LogP) is 2.70. The highest BCUT2D eigenvalue weighted by Crippen LogP contribution is 2.28. The molecule has 112 valence electrons. The second kappa shape index (κ2) is 6.59. The van der Waals surface area contributed by atoms with Crippen molar-refractivity contribution < 1.29 is 5.11 Å². The normalized spacial score (nSPS) is 20.7. The van der Waals surface area contributed by atoms with Crippen LogP contribution >= 0.6 is 0 Å². The molecule has 0 spiro atoms. The Morgan fingerprint density at radius 3 is 2.65 bits per heavy atom. The summed E-state index contributed by atoms with van der Waals surface area (Å²) < 4.78 is 0. The van der Waals surface area contributed by atoms with Crippen molar-refractivity contribution in [3.05, 3.63) is 29.3 Å². The van der Waals surface area contributed by atoms with Gasteiger partial charge in [0, 0.05) is 37.3 Å². The van der Waals surface area contributed by atoms with Gasteiger partial charge in [-0.2, -0.15) is 0 Å². The molecule has 1 aromatic rings. The van der Waals surface area contributed by atoms with Gasteiger partial charge >= 0.3 is 0 Å². The number of nitrogens with zero attached hydrogens (tertiary/aromatic N) is 1. The molecule has 2 unspecified atom stereocenters. The molecule has 0 radical (unpaired) electrons. The van der Waals surface area contributed by atoms with Crippen LogP contribution in [0.2, 0.25) is 0 Å². The average Bonchev–Trinajstić information content (AvgIpc) is 2.86. The molecule has 3 nitrogen and oxygen atoms in total. The van der Waals surface area contributed by atoms with Crippen molar-refractivity contribution >= 4 is 5.69 Å². The quantitative estimate of drug-likeness (QED) is 0.868. The molecule has 20 heavy (non-hydrogen) atoms. The molecular formula is C17H28N2O. The Hall–Kier alpha value is -1.06. The Morgan fingerprint density at radius 2 is 2.10 bits per heavy atom. The van der Waals surface area contributed by atoms with Gasteiger partial charge in [-0.3, -0.25) is 0 Å². The third-order valence-corrected chi connectivity index (χ3v) is 4.22. The van der Waals surface area contributed by atoms with Crippen molar-refractivity contribution in [3.63, 3.8) is 0 Å². The fraction of sp³-hybridized carbons (Fsp3) is 0.647. The Bertz CT molecular complexity index is 443.